The fourth-order valence-electron chi connectivity index (χ4n) is 6.36. The lowest BCUT2D eigenvalue weighted by Gasteiger charge is -2.49. The number of aromatic nitrogens is 2. The smallest absolute Gasteiger partial charge is 0.271 e. The number of aliphatic hydroxyl groups excluding tert-OH is 1. The Kier molecular flexibility index (Phi) is 6.25. The molecule has 2 unspecified atom stereocenters. The maximum atomic E-state index is 13.5. The van der Waals surface area contributed by atoms with Crippen LogP contribution in [0.5, 0.6) is 5.75 Å². The van der Waals surface area contributed by atoms with E-state index in [4.69, 9.17) is 15.6 Å². The minimum absolute atomic E-state index is 0.00202. The van der Waals surface area contributed by atoms with Gasteiger partial charge in [0.15, 0.2) is 17.6 Å². The van der Waals surface area contributed by atoms with Crippen LogP contribution in [0.25, 0.3) is 0 Å². The van der Waals surface area contributed by atoms with Gasteiger partial charge in [-0.05, 0) is 24.8 Å². The molecular formula is C27H34N10O4. The Hall–Kier alpha value is -4.46. The second-order valence-corrected chi connectivity index (χ2v) is 11.6. The zero-order valence-electron chi connectivity index (χ0n) is 23.0. The molecule has 1 spiro atoms. The Morgan fingerprint density at radius 2 is 2.02 bits per heavy atom. The third kappa shape index (κ3) is 4.29. The van der Waals surface area contributed by atoms with Crippen LogP contribution in [0.15, 0.2) is 30.6 Å². The first-order valence-electron chi connectivity index (χ1n) is 13.6. The van der Waals surface area contributed by atoms with Crippen LogP contribution >= 0.6 is 0 Å². The van der Waals surface area contributed by atoms with Crippen molar-refractivity contribution in [2.75, 3.05) is 19.7 Å². The summed E-state index contributed by atoms with van der Waals surface area (Å²) in [6, 6.07) is 3.54. The Balaban J connectivity index is 1.22. The van der Waals surface area contributed by atoms with Crippen LogP contribution in [-0.2, 0) is 5.41 Å². The Labute approximate surface area is 236 Å². The number of aliphatic hydroxyl groups is 1. The molecule has 1 aromatic heterocycles. The molecule has 4 aliphatic rings. The highest BCUT2D eigenvalue weighted by Gasteiger charge is 2.66. The summed E-state index contributed by atoms with van der Waals surface area (Å²) < 4.78 is 5.92. The van der Waals surface area contributed by atoms with E-state index in [2.05, 4.69) is 50.4 Å². The van der Waals surface area contributed by atoms with Crippen molar-refractivity contribution in [3.05, 3.63) is 53.1 Å². The number of nitrogens with zero attached hydrogens (tertiary/aromatic N) is 3. The predicted molar refractivity (Wildman–Crippen MR) is 148 cm³/mol. The molecule has 5 heterocycles. The van der Waals surface area contributed by atoms with Gasteiger partial charge in [0.05, 0.1) is 42.2 Å². The van der Waals surface area contributed by atoms with Gasteiger partial charge in [0, 0.05) is 24.8 Å². The monoisotopic (exact) mass is 562 g/mol. The number of guanidine groups is 2. The normalized spacial score (nSPS) is 29.1. The van der Waals surface area contributed by atoms with E-state index in [9.17, 15) is 14.7 Å². The molecule has 14 nitrogen and oxygen atoms in total. The summed E-state index contributed by atoms with van der Waals surface area (Å²) in [6.45, 7) is 6.68. The van der Waals surface area contributed by atoms with Gasteiger partial charge >= 0.3 is 0 Å². The first-order chi connectivity index (χ1) is 19.5. The fourth-order valence-corrected chi connectivity index (χ4v) is 6.36. The summed E-state index contributed by atoms with van der Waals surface area (Å²) in [5.41, 5.74) is 0.678. The lowest BCUT2D eigenvalue weighted by atomic mass is 9.79. The van der Waals surface area contributed by atoms with E-state index >= 15 is 0 Å². The van der Waals surface area contributed by atoms with Crippen LogP contribution in [0.1, 0.15) is 52.4 Å². The van der Waals surface area contributed by atoms with Gasteiger partial charge in [-0.1, -0.05) is 26.0 Å². The molecule has 2 amide bonds. The number of aryl methyl sites for hydroxylation is 1. The third-order valence-corrected chi connectivity index (χ3v) is 8.50. The highest BCUT2D eigenvalue weighted by Crippen LogP contribution is 2.41. The van der Waals surface area contributed by atoms with Crippen molar-refractivity contribution in [2.24, 2.45) is 0 Å². The summed E-state index contributed by atoms with van der Waals surface area (Å²) in [6.07, 6.45) is 2.56. The summed E-state index contributed by atoms with van der Waals surface area (Å²) in [5.74, 6) is -0.303. The van der Waals surface area contributed by atoms with E-state index in [1.54, 1.807) is 24.1 Å². The van der Waals surface area contributed by atoms with Gasteiger partial charge in [-0.2, -0.15) is 0 Å². The number of para-hydroxylation sites is 1. The number of nitrogens with one attached hydrogen (secondary N) is 7. The average Bonchev–Trinajstić information content (AvgIpc) is 3.43. The Bertz CT molecular complexity index is 1450. The van der Waals surface area contributed by atoms with Crippen molar-refractivity contribution in [1.82, 2.24) is 41.5 Å². The van der Waals surface area contributed by atoms with Gasteiger partial charge in [0.25, 0.3) is 11.8 Å². The standard InChI is InChI=1S/C27H34N10O4/c1-13-9-30-10-17(32-13)23(40)31-11-16-20-27(36-24(28)35-20)21(38)18(12-37(27)25(29)34-16)33-22(39)14-5-4-6-15-19(14)41-8-7-26(15,2)3/h4-6,9-10,16,18,20-21,38H,7-8,11-12H2,1-3H3,(H2,29,34)(H,31,40)(H,33,39)(H3,28,35,36)/t16-,18?,20-,21+,27?/m0/s1. The van der Waals surface area contributed by atoms with Crippen molar-refractivity contribution in [3.8, 4) is 5.75 Å². The highest BCUT2D eigenvalue weighted by molar-refractivity contribution is 5.98. The van der Waals surface area contributed by atoms with Gasteiger partial charge in [-0.25, -0.2) is 4.98 Å². The van der Waals surface area contributed by atoms with Crippen LogP contribution in [0.4, 0.5) is 0 Å². The van der Waals surface area contributed by atoms with E-state index in [0.717, 1.165) is 12.0 Å². The highest BCUT2D eigenvalue weighted by atomic mass is 16.5. The summed E-state index contributed by atoms with van der Waals surface area (Å²) in [5, 5.41) is 43.7. The van der Waals surface area contributed by atoms with Crippen molar-refractivity contribution in [1.29, 1.82) is 10.8 Å². The average molecular weight is 563 g/mol. The molecule has 3 fully saturated rings. The summed E-state index contributed by atoms with van der Waals surface area (Å²) >= 11 is 0. The van der Waals surface area contributed by atoms with Gasteiger partial charge in [0.1, 0.15) is 17.5 Å². The number of hydrogen-bond donors (Lipinski definition) is 8. The lowest BCUT2D eigenvalue weighted by Crippen LogP contribution is -2.78. The van der Waals surface area contributed by atoms with Crippen molar-refractivity contribution < 1.29 is 19.4 Å². The second kappa shape index (κ2) is 9.58. The second-order valence-electron chi connectivity index (χ2n) is 11.6. The number of rotatable bonds is 5. The summed E-state index contributed by atoms with van der Waals surface area (Å²) in [7, 11) is 0. The van der Waals surface area contributed by atoms with E-state index < -0.39 is 35.8 Å². The van der Waals surface area contributed by atoms with Crippen LogP contribution in [0.3, 0.4) is 0 Å². The quantitative estimate of drug-likeness (QED) is 0.227. The molecule has 8 N–H and O–H groups in total. The van der Waals surface area contributed by atoms with Crippen molar-refractivity contribution >= 4 is 23.7 Å². The van der Waals surface area contributed by atoms with E-state index in [-0.39, 0.29) is 42.0 Å². The molecule has 6 rings (SSSR count). The number of carbonyl (C=O) groups excluding carboxylic acids is 2. The Morgan fingerprint density at radius 1 is 1.22 bits per heavy atom. The number of fused-ring (bicyclic) bond motifs is 1. The Morgan fingerprint density at radius 3 is 2.80 bits per heavy atom. The molecule has 5 atom stereocenters. The van der Waals surface area contributed by atoms with Crippen molar-refractivity contribution in [3.63, 3.8) is 0 Å². The molecule has 41 heavy (non-hydrogen) atoms. The van der Waals surface area contributed by atoms with Crippen LogP contribution in [-0.4, -0.2) is 93.3 Å². The number of hydrogen-bond acceptors (Lipinski definition) is 8. The number of benzene rings is 1. The molecule has 1 aromatic carbocycles. The van der Waals surface area contributed by atoms with E-state index in [1.807, 2.05) is 12.1 Å². The number of carbonyl (C=O) groups is 2. The van der Waals surface area contributed by atoms with Crippen LogP contribution in [0, 0.1) is 17.7 Å². The zero-order chi connectivity index (χ0) is 29.1. The molecule has 216 valence electrons. The molecule has 3 saturated heterocycles. The van der Waals surface area contributed by atoms with Gasteiger partial charge in [0.2, 0.25) is 0 Å². The molecule has 0 bridgehead atoms. The van der Waals surface area contributed by atoms with E-state index in [1.165, 1.54) is 6.20 Å². The zero-order valence-corrected chi connectivity index (χ0v) is 23.0. The van der Waals surface area contributed by atoms with Crippen molar-refractivity contribution in [2.45, 2.75) is 62.5 Å². The van der Waals surface area contributed by atoms with Gasteiger partial charge in [-0.3, -0.25) is 25.4 Å². The SMILES string of the molecule is Cc1cncc(C(=O)NC[C@@H]2NC(=N)N3CC(NC(=O)c4cccc5c4OCCC5(C)C)[C@@H](O)C34NC(=N)N[C@@H]24)n1. The topological polar surface area (TPSA) is 200 Å². The minimum atomic E-state index is -1.30. The third-order valence-electron chi connectivity index (χ3n) is 8.50. The maximum absolute atomic E-state index is 13.5. The fraction of sp³-hybridized carbons (Fsp3) is 0.481. The first kappa shape index (κ1) is 26.7. The molecule has 14 heteroatoms. The minimum Gasteiger partial charge on any atom is -0.492 e. The lowest BCUT2D eigenvalue weighted by molar-refractivity contribution is 0.00611. The maximum Gasteiger partial charge on any atom is 0.271 e. The predicted octanol–water partition coefficient (Wildman–Crippen LogP) is -0.851. The molecule has 2 aromatic rings. The molecular weight excluding hydrogens is 528 g/mol. The molecule has 0 aliphatic carbocycles. The molecule has 0 radical (unpaired) electrons. The van der Waals surface area contributed by atoms with Gasteiger partial charge < -0.3 is 41.3 Å². The van der Waals surface area contributed by atoms with Crippen LogP contribution < -0.4 is 31.3 Å². The number of ether oxygens (including phenoxy) is 1. The largest absolute Gasteiger partial charge is 0.492 e. The van der Waals surface area contributed by atoms with Gasteiger partial charge in [-0.15, -0.1) is 0 Å². The molecule has 0 saturated carbocycles. The number of amides is 2. The summed E-state index contributed by atoms with van der Waals surface area (Å²) in [4.78, 5) is 36.1. The molecule has 4 aliphatic heterocycles. The van der Waals surface area contributed by atoms with Crippen LogP contribution in [0.2, 0.25) is 0 Å². The first-order valence-corrected chi connectivity index (χ1v) is 13.6. The van der Waals surface area contributed by atoms with E-state index in [0.29, 0.717) is 23.6 Å².